The van der Waals surface area contributed by atoms with Crippen LogP contribution in [0.4, 0.5) is 0 Å². The van der Waals surface area contributed by atoms with Crippen molar-refractivity contribution in [1.29, 1.82) is 0 Å². The van der Waals surface area contributed by atoms with Crippen molar-refractivity contribution in [3.05, 3.63) is 69.5 Å². The SMILES string of the molecule is C=CCON=COC(=O)C1=C(C)NC(C)=CC1c1cccc(Cl)c1Cl. The first-order valence-corrected chi connectivity index (χ1v) is 8.27. The number of nitrogens with zero attached hydrogens (tertiary/aromatic N) is 1. The summed E-state index contributed by atoms with van der Waals surface area (Å²) in [4.78, 5) is 17.3. The third-order valence-electron chi connectivity index (χ3n) is 3.52. The third-order valence-corrected chi connectivity index (χ3v) is 4.36. The zero-order valence-electron chi connectivity index (χ0n) is 13.9. The van der Waals surface area contributed by atoms with Crippen molar-refractivity contribution in [3.63, 3.8) is 0 Å². The highest BCUT2D eigenvalue weighted by molar-refractivity contribution is 6.42. The molecule has 0 bridgehead atoms. The maximum Gasteiger partial charge on any atom is 0.343 e. The van der Waals surface area contributed by atoms with Crippen molar-refractivity contribution in [3.8, 4) is 0 Å². The van der Waals surface area contributed by atoms with Crippen LogP contribution in [0.2, 0.25) is 10.0 Å². The Hall–Kier alpha value is -2.24. The van der Waals surface area contributed by atoms with Crippen LogP contribution >= 0.6 is 23.2 Å². The summed E-state index contributed by atoms with van der Waals surface area (Å²) in [5, 5.41) is 7.48. The zero-order valence-corrected chi connectivity index (χ0v) is 15.4. The van der Waals surface area contributed by atoms with Crippen molar-refractivity contribution >= 4 is 35.6 Å². The normalized spacial score (nSPS) is 17.1. The smallest absolute Gasteiger partial charge is 0.343 e. The summed E-state index contributed by atoms with van der Waals surface area (Å²) < 4.78 is 5.06. The van der Waals surface area contributed by atoms with Crippen molar-refractivity contribution in [1.82, 2.24) is 5.32 Å². The average Bonchev–Trinajstić information content (AvgIpc) is 2.56. The molecule has 0 aromatic heterocycles. The summed E-state index contributed by atoms with van der Waals surface area (Å²) in [6.07, 6.45) is 4.38. The maximum atomic E-state index is 12.5. The molecule has 0 saturated heterocycles. The second kappa shape index (κ2) is 8.74. The van der Waals surface area contributed by atoms with E-state index in [1.807, 2.05) is 19.1 Å². The van der Waals surface area contributed by atoms with Gasteiger partial charge in [-0.25, -0.2) is 4.79 Å². The minimum absolute atomic E-state index is 0.222. The Balaban J connectivity index is 2.31. The van der Waals surface area contributed by atoms with Gasteiger partial charge in [0.25, 0.3) is 0 Å². The number of esters is 1. The molecule has 1 unspecified atom stereocenters. The fraction of sp³-hybridized carbons (Fsp3) is 0.222. The van der Waals surface area contributed by atoms with E-state index in [1.54, 1.807) is 19.1 Å². The van der Waals surface area contributed by atoms with Crippen molar-refractivity contribution < 1.29 is 14.4 Å². The number of allylic oxidation sites excluding steroid dienone is 3. The molecule has 0 radical (unpaired) electrons. The standard InChI is InChI=1S/C18H18Cl2N2O3/c1-4-8-25-21-10-24-18(23)16-12(3)22-11(2)9-14(16)13-6-5-7-15(19)17(13)20/h4-7,9-10,14,22H,1,8H2,2-3H3. The van der Waals surface area contributed by atoms with Crippen LogP contribution in [0.1, 0.15) is 25.3 Å². The van der Waals surface area contributed by atoms with Gasteiger partial charge in [-0.15, -0.1) is 0 Å². The monoisotopic (exact) mass is 380 g/mol. The van der Waals surface area contributed by atoms with Gasteiger partial charge in [-0.05, 0) is 25.5 Å². The lowest BCUT2D eigenvalue weighted by Crippen LogP contribution is -2.25. The molecule has 25 heavy (non-hydrogen) atoms. The van der Waals surface area contributed by atoms with E-state index in [1.165, 1.54) is 6.08 Å². The highest BCUT2D eigenvalue weighted by Gasteiger charge is 2.29. The topological polar surface area (TPSA) is 59.9 Å². The van der Waals surface area contributed by atoms with Gasteiger partial charge in [-0.3, -0.25) is 0 Å². The summed E-state index contributed by atoms with van der Waals surface area (Å²) in [6, 6.07) is 5.32. The van der Waals surface area contributed by atoms with E-state index < -0.39 is 5.97 Å². The molecular formula is C18H18Cl2N2O3. The largest absolute Gasteiger partial charge is 0.408 e. The van der Waals surface area contributed by atoms with Gasteiger partial charge >= 0.3 is 5.97 Å². The van der Waals surface area contributed by atoms with E-state index in [-0.39, 0.29) is 12.5 Å². The summed E-state index contributed by atoms with van der Waals surface area (Å²) in [6.45, 7) is 7.41. The highest BCUT2D eigenvalue weighted by atomic mass is 35.5. The van der Waals surface area contributed by atoms with E-state index in [0.29, 0.717) is 21.3 Å². The predicted molar refractivity (Wildman–Crippen MR) is 99.5 cm³/mol. The van der Waals surface area contributed by atoms with Gasteiger partial charge in [0.15, 0.2) is 0 Å². The van der Waals surface area contributed by atoms with Crippen LogP contribution in [-0.2, 0) is 14.4 Å². The number of halogens is 2. The molecule has 0 fully saturated rings. The first-order chi connectivity index (χ1) is 12.0. The lowest BCUT2D eigenvalue weighted by molar-refractivity contribution is -0.131. The number of carbonyl (C=O) groups is 1. The molecule has 132 valence electrons. The van der Waals surface area contributed by atoms with Crippen molar-refractivity contribution in [2.24, 2.45) is 5.16 Å². The Bertz CT molecular complexity index is 770. The quantitative estimate of drug-likeness (QED) is 0.196. The molecule has 1 N–H and O–H groups in total. The average molecular weight is 381 g/mol. The highest BCUT2D eigenvalue weighted by Crippen LogP contribution is 2.38. The lowest BCUT2D eigenvalue weighted by Gasteiger charge is -2.26. The predicted octanol–water partition coefficient (Wildman–Crippen LogP) is 4.55. The number of benzene rings is 1. The second-order valence-corrected chi connectivity index (χ2v) is 6.12. The van der Waals surface area contributed by atoms with E-state index in [2.05, 4.69) is 17.1 Å². The number of ether oxygens (including phenoxy) is 1. The Kier molecular flexibility index (Phi) is 6.67. The maximum absolute atomic E-state index is 12.5. The van der Waals surface area contributed by atoms with Gasteiger partial charge in [-0.1, -0.05) is 59.2 Å². The number of hydrogen-bond acceptors (Lipinski definition) is 5. The zero-order chi connectivity index (χ0) is 18.4. The first kappa shape index (κ1) is 19.1. The van der Waals surface area contributed by atoms with Gasteiger partial charge in [0, 0.05) is 17.3 Å². The molecule has 0 spiro atoms. The van der Waals surface area contributed by atoms with Gasteiger partial charge in [0.2, 0.25) is 6.40 Å². The molecule has 1 atom stereocenters. The van der Waals surface area contributed by atoms with E-state index in [9.17, 15) is 4.79 Å². The van der Waals surface area contributed by atoms with E-state index in [4.69, 9.17) is 32.8 Å². The number of carbonyl (C=O) groups excluding carboxylic acids is 1. The molecule has 5 nitrogen and oxygen atoms in total. The number of hydrogen-bond donors (Lipinski definition) is 1. The van der Waals surface area contributed by atoms with Gasteiger partial charge in [-0.2, -0.15) is 0 Å². The number of nitrogens with one attached hydrogen (secondary N) is 1. The van der Waals surface area contributed by atoms with Crippen LogP contribution in [0.15, 0.2) is 59.1 Å². The molecule has 0 aliphatic carbocycles. The minimum Gasteiger partial charge on any atom is -0.408 e. The molecule has 1 aliphatic heterocycles. The van der Waals surface area contributed by atoms with E-state index >= 15 is 0 Å². The molecule has 1 aromatic carbocycles. The Morgan fingerprint density at radius 1 is 1.40 bits per heavy atom. The summed E-state index contributed by atoms with van der Waals surface area (Å²) >= 11 is 12.5. The fourth-order valence-corrected chi connectivity index (χ4v) is 2.94. The number of oxime groups is 1. The molecule has 7 heteroatoms. The summed E-state index contributed by atoms with van der Waals surface area (Å²) in [7, 11) is 0. The van der Waals surface area contributed by atoms with Crippen LogP contribution in [0.3, 0.4) is 0 Å². The Morgan fingerprint density at radius 3 is 2.88 bits per heavy atom. The molecule has 2 rings (SSSR count). The Morgan fingerprint density at radius 2 is 2.16 bits per heavy atom. The van der Waals surface area contributed by atoms with E-state index in [0.717, 1.165) is 17.7 Å². The van der Waals surface area contributed by atoms with Gasteiger partial charge in [0.05, 0.1) is 15.6 Å². The minimum atomic E-state index is -0.555. The third kappa shape index (κ3) is 4.65. The van der Waals surface area contributed by atoms with Crippen molar-refractivity contribution in [2.75, 3.05) is 6.61 Å². The van der Waals surface area contributed by atoms with Gasteiger partial charge in [0.1, 0.15) is 6.61 Å². The summed E-state index contributed by atoms with van der Waals surface area (Å²) in [5.41, 5.74) is 2.72. The molecular weight excluding hydrogens is 363 g/mol. The van der Waals surface area contributed by atoms with Crippen LogP contribution in [-0.4, -0.2) is 19.0 Å². The molecule has 1 aromatic rings. The molecule has 0 saturated carbocycles. The van der Waals surface area contributed by atoms with Crippen LogP contribution in [0.5, 0.6) is 0 Å². The van der Waals surface area contributed by atoms with Crippen LogP contribution in [0.25, 0.3) is 0 Å². The first-order valence-electron chi connectivity index (χ1n) is 7.51. The molecule has 0 amide bonds. The van der Waals surface area contributed by atoms with Crippen LogP contribution in [0, 0.1) is 0 Å². The lowest BCUT2D eigenvalue weighted by atomic mass is 9.87. The molecule has 1 aliphatic rings. The number of dihydropyridines is 1. The Labute approximate surface area is 156 Å². The summed E-state index contributed by atoms with van der Waals surface area (Å²) in [5.74, 6) is -0.941. The van der Waals surface area contributed by atoms with Crippen molar-refractivity contribution in [2.45, 2.75) is 19.8 Å². The number of rotatable bonds is 6. The fourth-order valence-electron chi connectivity index (χ4n) is 2.52. The second-order valence-electron chi connectivity index (χ2n) is 5.33. The molecule has 1 heterocycles. The van der Waals surface area contributed by atoms with Gasteiger partial charge < -0.3 is 14.9 Å². The van der Waals surface area contributed by atoms with Crippen LogP contribution < -0.4 is 5.32 Å².